The van der Waals surface area contributed by atoms with Crippen molar-refractivity contribution in [1.82, 2.24) is 29.2 Å². The summed E-state index contributed by atoms with van der Waals surface area (Å²) >= 11 is 0. The van der Waals surface area contributed by atoms with Crippen molar-refractivity contribution in [1.29, 1.82) is 0 Å². The molecule has 0 spiro atoms. The first-order chi connectivity index (χ1) is 16.7. The summed E-state index contributed by atoms with van der Waals surface area (Å²) in [5.74, 6) is 3.32. The van der Waals surface area contributed by atoms with Crippen LogP contribution in [0, 0.1) is 11.8 Å². The highest BCUT2D eigenvalue weighted by Gasteiger charge is 2.45. The molecule has 0 amide bonds. The van der Waals surface area contributed by atoms with Crippen LogP contribution in [-0.2, 0) is 13.6 Å². The Morgan fingerprint density at radius 3 is 2.53 bits per heavy atom. The molecule has 2 atom stereocenters. The van der Waals surface area contributed by atoms with Gasteiger partial charge in [0.15, 0.2) is 17.5 Å². The Bertz CT molecular complexity index is 1300. The minimum absolute atomic E-state index is 0.187. The van der Waals surface area contributed by atoms with Crippen molar-refractivity contribution < 1.29 is 4.52 Å². The van der Waals surface area contributed by atoms with E-state index >= 15 is 0 Å². The molecule has 3 aromatic heterocycles. The molecule has 1 saturated heterocycles. The average molecular weight is 462 g/mol. The number of imidazole rings is 1. The molecular weight excluding hydrogens is 430 g/mol. The molecule has 3 aliphatic rings. The van der Waals surface area contributed by atoms with Crippen molar-refractivity contribution in [2.45, 2.75) is 45.6 Å². The zero-order chi connectivity index (χ0) is 23.7. The van der Waals surface area contributed by atoms with E-state index < -0.39 is 0 Å². The van der Waals surface area contributed by atoms with Crippen molar-refractivity contribution in [3.05, 3.63) is 65.1 Å². The molecule has 9 nitrogen and oxygen atoms in total. The lowest BCUT2D eigenvalue weighted by Gasteiger charge is -2.20. The van der Waals surface area contributed by atoms with Crippen LogP contribution in [0.15, 0.2) is 52.6 Å². The van der Waals surface area contributed by atoms with E-state index in [1.54, 1.807) is 23.5 Å². The van der Waals surface area contributed by atoms with E-state index in [4.69, 9.17) is 4.52 Å². The van der Waals surface area contributed by atoms with Crippen LogP contribution in [0.3, 0.4) is 0 Å². The van der Waals surface area contributed by atoms with Crippen molar-refractivity contribution in [2.75, 3.05) is 18.0 Å². The number of aromatic nitrogens is 6. The number of fused-ring (bicyclic) bond motifs is 2. The zero-order valence-electron chi connectivity index (χ0n) is 20.0. The van der Waals surface area contributed by atoms with Gasteiger partial charge in [0.2, 0.25) is 5.89 Å². The summed E-state index contributed by atoms with van der Waals surface area (Å²) in [4.78, 5) is 26.6. The van der Waals surface area contributed by atoms with E-state index in [0.29, 0.717) is 17.1 Å². The van der Waals surface area contributed by atoms with Crippen molar-refractivity contribution in [3.63, 3.8) is 0 Å². The SMILES string of the molecule is CC.Cn1cnc2ncn(Cc3ncno3)c(=O)c21.c1cc(C2CC2)cc(N2C[C@H]3C[C@H]3C2)c1. The molecule has 178 valence electrons. The number of hydrogen-bond donors (Lipinski definition) is 0. The fourth-order valence-corrected chi connectivity index (χ4v) is 4.60. The topological polar surface area (TPSA) is 94.9 Å². The van der Waals surface area contributed by atoms with Gasteiger partial charge in [0.25, 0.3) is 5.56 Å². The van der Waals surface area contributed by atoms with E-state index in [2.05, 4.69) is 49.3 Å². The van der Waals surface area contributed by atoms with Gasteiger partial charge in [0.05, 0.1) is 6.33 Å². The van der Waals surface area contributed by atoms with Gasteiger partial charge in [0, 0.05) is 25.8 Å². The molecule has 3 fully saturated rings. The van der Waals surface area contributed by atoms with Crippen LogP contribution in [0.4, 0.5) is 5.69 Å². The molecule has 1 aliphatic heterocycles. The highest BCUT2D eigenvalue weighted by molar-refractivity contribution is 5.68. The van der Waals surface area contributed by atoms with Crippen molar-refractivity contribution in [2.24, 2.45) is 18.9 Å². The number of piperidine rings is 1. The van der Waals surface area contributed by atoms with Crippen LogP contribution in [-0.4, -0.2) is 42.3 Å². The summed E-state index contributed by atoms with van der Waals surface area (Å²) in [6, 6.07) is 9.27. The van der Waals surface area contributed by atoms with Crippen LogP contribution in [0.25, 0.3) is 11.2 Å². The lowest BCUT2D eigenvalue weighted by atomic mass is 10.1. The molecule has 9 heteroatoms. The summed E-state index contributed by atoms with van der Waals surface area (Å²) < 4.78 is 7.88. The Morgan fingerprint density at radius 1 is 1.06 bits per heavy atom. The average Bonchev–Trinajstić information content (AvgIpc) is 3.71. The van der Waals surface area contributed by atoms with Gasteiger partial charge >= 0.3 is 0 Å². The first-order valence-electron chi connectivity index (χ1n) is 12.1. The van der Waals surface area contributed by atoms with Gasteiger partial charge in [-0.3, -0.25) is 9.36 Å². The van der Waals surface area contributed by atoms with Crippen LogP contribution >= 0.6 is 0 Å². The third-order valence-electron chi connectivity index (χ3n) is 6.68. The van der Waals surface area contributed by atoms with Crippen LogP contribution < -0.4 is 10.5 Å². The molecule has 0 radical (unpaired) electrons. The number of aryl methyl sites for hydroxylation is 1. The number of rotatable bonds is 4. The first kappa shape index (κ1) is 22.3. The Hall–Kier alpha value is -3.49. The predicted molar refractivity (Wildman–Crippen MR) is 130 cm³/mol. The standard InChI is InChI=1S/C14H17N.C9H8N6O2.C2H6/c1-2-11(10-4-5-10)7-14(3-1)15-8-12-6-13(12)9-15;1-14-4-11-8-7(14)9(16)15(5-12-8)2-6-10-3-13-17-6;1-2/h1-3,7,10,12-13H,4-6,8-9H2;3-5H,2H2,1H3;1-2H3/t12-,13+;;. The second-order valence-corrected chi connectivity index (χ2v) is 9.07. The molecule has 0 N–H and O–H groups in total. The summed E-state index contributed by atoms with van der Waals surface area (Å²) in [7, 11) is 1.75. The van der Waals surface area contributed by atoms with E-state index in [-0.39, 0.29) is 12.1 Å². The Balaban J connectivity index is 0.000000133. The minimum atomic E-state index is -0.187. The minimum Gasteiger partial charge on any atom is -0.371 e. The number of hydrogen-bond acceptors (Lipinski definition) is 7. The molecule has 0 bridgehead atoms. The summed E-state index contributed by atoms with van der Waals surface area (Å²) in [5, 5.41) is 3.48. The fraction of sp³-hybridized carbons (Fsp3) is 0.480. The summed E-state index contributed by atoms with van der Waals surface area (Å²) in [6.07, 6.45) is 8.58. The molecule has 2 aliphatic carbocycles. The lowest BCUT2D eigenvalue weighted by Crippen LogP contribution is -2.22. The molecule has 4 heterocycles. The van der Waals surface area contributed by atoms with Crippen LogP contribution in [0.2, 0.25) is 0 Å². The molecule has 2 saturated carbocycles. The monoisotopic (exact) mass is 461 g/mol. The van der Waals surface area contributed by atoms with Crippen molar-refractivity contribution in [3.8, 4) is 0 Å². The van der Waals surface area contributed by atoms with Gasteiger partial charge in [-0.25, -0.2) is 9.97 Å². The molecule has 7 rings (SSSR count). The van der Waals surface area contributed by atoms with Crippen LogP contribution in [0.1, 0.15) is 50.5 Å². The van der Waals surface area contributed by atoms with E-state index in [1.807, 2.05) is 13.8 Å². The summed E-state index contributed by atoms with van der Waals surface area (Å²) in [5.41, 5.74) is 3.75. The van der Waals surface area contributed by atoms with E-state index in [9.17, 15) is 4.79 Å². The largest absolute Gasteiger partial charge is 0.371 e. The molecule has 4 aromatic rings. The van der Waals surface area contributed by atoms with Crippen LogP contribution in [0.5, 0.6) is 0 Å². The normalized spacial score (nSPS) is 20.3. The summed E-state index contributed by atoms with van der Waals surface area (Å²) in [6.45, 7) is 6.84. The lowest BCUT2D eigenvalue weighted by molar-refractivity contribution is 0.368. The molecular formula is C25H31N7O2. The van der Waals surface area contributed by atoms with Gasteiger partial charge in [-0.15, -0.1) is 0 Å². The molecule has 1 aromatic carbocycles. The van der Waals surface area contributed by atoms with Gasteiger partial charge in [-0.1, -0.05) is 31.1 Å². The number of nitrogens with zero attached hydrogens (tertiary/aromatic N) is 7. The van der Waals surface area contributed by atoms with Crippen molar-refractivity contribution >= 4 is 16.9 Å². The van der Waals surface area contributed by atoms with Gasteiger partial charge in [-0.05, 0) is 54.7 Å². The highest BCUT2D eigenvalue weighted by Crippen LogP contribution is 2.47. The first-order valence-corrected chi connectivity index (χ1v) is 12.1. The third-order valence-corrected chi connectivity index (χ3v) is 6.68. The maximum atomic E-state index is 12.1. The highest BCUT2D eigenvalue weighted by atomic mass is 16.5. The quantitative estimate of drug-likeness (QED) is 0.458. The zero-order valence-corrected chi connectivity index (χ0v) is 20.0. The Labute approximate surface area is 198 Å². The molecule has 0 unspecified atom stereocenters. The van der Waals surface area contributed by atoms with Gasteiger partial charge < -0.3 is 14.0 Å². The van der Waals surface area contributed by atoms with E-state index in [0.717, 1.165) is 17.8 Å². The Morgan fingerprint density at radius 2 is 1.82 bits per heavy atom. The number of anilines is 1. The Kier molecular flexibility index (Phi) is 6.17. The maximum Gasteiger partial charge on any atom is 0.280 e. The smallest absolute Gasteiger partial charge is 0.280 e. The maximum absolute atomic E-state index is 12.1. The third kappa shape index (κ3) is 4.60. The van der Waals surface area contributed by atoms with Gasteiger partial charge in [-0.2, -0.15) is 4.98 Å². The fourth-order valence-electron chi connectivity index (χ4n) is 4.60. The number of benzene rings is 1. The predicted octanol–water partition coefficient (Wildman–Crippen LogP) is 3.61. The molecule has 34 heavy (non-hydrogen) atoms. The second-order valence-electron chi connectivity index (χ2n) is 9.07. The van der Waals surface area contributed by atoms with E-state index in [1.165, 1.54) is 55.3 Å². The van der Waals surface area contributed by atoms with Gasteiger partial charge in [0.1, 0.15) is 12.9 Å². The second kappa shape index (κ2) is 9.40.